The number of rotatable bonds is 10. The summed E-state index contributed by atoms with van der Waals surface area (Å²) in [5.74, 6) is 3.82. The van der Waals surface area contributed by atoms with Gasteiger partial charge in [-0.1, -0.05) is 114 Å². The van der Waals surface area contributed by atoms with Crippen molar-refractivity contribution in [2.75, 3.05) is 0 Å². The first kappa shape index (κ1) is 50.7. The molecule has 14 atom stereocenters. The molecule has 6 saturated carbocycles. The van der Waals surface area contributed by atoms with Crippen LogP contribution in [0.3, 0.4) is 0 Å². The molecule has 0 aromatic carbocycles. The summed E-state index contributed by atoms with van der Waals surface area (Å²) < 4.78 is 0. The Balaban J connectivity index is 0.000000234. The zero-order chi connectivity index (χ0) is 45.9. The van der Waals surface area contributed by atoms with Crippen LogP contribution in [-0.4, -0.2) is 66.3 Å². The van der Waals surface area contributed by atoms with Gasteiger partial charge in [-0.2, -0.15) is 0 Å². The topological polar surface area (TPSA) is 121 Å². The lowest BCUT2D eigenvalue weighted by Gasteiger charge is -2.44. The van der Waals surface area contributed by atoms with Gasteiger partial charge in [0.1, 0.15) is 0 Å². The van der Waals surface area contributed by atoms with Crippen molar-refractivity contribution in [3.8, 4) is 0 Å². The van der Waals surface area contributed by atoms with Gasteiger partial charge in [0, 0.05) is 24.7 Å². The molecule has 0 aliphatic heterocycles. The van der Waals surface area contributed by atoms with Crippen molar-refractivity contribution in [3.63, 3.8) is 0 Å². The van der Waals surface area contributed by atoms with E-state index in [1.54, 1.807) is 0 Å². The third-order valence-electron chi connectivity index (χ3n) is 17.5. The van der Waals surface area contributed by atoms with Crippen molar-refractivity contribution >= 4 is 0 Å². The molecule has 0 heterocycles. The lowest BCUT2D eigenvalue weighted by atomic mass is 9.61. The third kappa shape index (κ3) is 11.7. The number of allylic oxidation sites excluding steroid dienone is 8. The zero-order valence-corrected chi connectivity index (χ0v) is 40.5. The van der Waals surface area contributed by atoms with Crippen LogP contribution in [0.1, 0.15) is 159 Å². The standard InChI is InChI=1S/2C28H44O3/c2*1-18(9-10-19(2)27(4,5)31)24-13-14-25-21(8-7-15-28(24,25)6)11-12-22-16-23(29)17-26(30)20(22)3/h2*9-12,18-19,23-26,29-31H,3,7-8,13-17H2,1-2,4-6H3/b2*10-9+,21-11+,22-12-/t2*18-,19+,23-,24-,25+,26?,28-/m11/s1. The molecular formula is C56H88O6. The highest BCUT2D eigenvalue weighted by Gasteiger charge is 2.51. The predicted molar refractivity (Wildman–Crippen MR) is 257 cm³/mol. The summed E-state index contributed by atoms with van der Waals surface area (Å²) in [6.07, 6.45) is 29.9. The molecule has 0 saturated heterocycles. The summed E-state index contributed by atoms with van der Waals surface area (Å²) >= 11 is 0. The SMILES string of the molecule is C=C1/C(=C\C=C2/CCC[C@]3(C)[C@@H]([C@H](C)/C=C/[C@H](C)C(C)(C)O)CC[C@@H]23)C[C@@H](O)CC1O.C=C1/C(=C\C=C2/CCC[C@]3(C)[C@@H]([C@H](C)/C=C/[C@H](C)C(C)(C)O)CC[C@@H]23)C[C@@H](O)CC1O. The molecule has 62 heavy (non-hydrogen) atoms. The van der Waals surface area contributed by atoms with E-state index in [2.05, 4.69) is 103 Å². The van der Waals surface area contributed by atoms with Crippen molar-refractivity contribution in [2.45, 2.75) is 195 Å². The van der Waals surface area contributed by atoms with Gasteiger partial charge in [0.2, 0.25) is 0 Å². The quantitative estimate of drug-likeness (QED) is 0.122. The molecule has 0 aromatic rings. The minimum Gasteiger partial charge on any atom is -0.393 e. The number of fused-ring (bicyclic) bond motifs is 2. The van der Waals surface area contributed by atoms with Gasteiger partial charge in [0.15, 0.2) is 0 Å². The summed E-state index contributed by atoms with van der Waals surface area (Å²) in [7, 11) is 0. The lowest BCUT2D eigenvalue weighted by Crippen LogP contribution is -2.35. The average Bonchev–Trinajstić information content (AvgIpc) is 3.74. The molecule has 6 aliphatic rings. The predicted octanol–water partition coefficient (Wildman–Crippen LogP) is 11.5. The summed E-state index contributed by atoms with van der Waals surface area (Å²) in [5.41, 5.74) is 5.86. The van der Waals surface area contributed by atoms with E-state index in [1.807, 2.05) is 27.7 Å². The highest BCUT2D eigenvalue weighted by molar-refractivity contribution is 5.40. The molecule has 6 rings (SSSR count). The second-order valence-corrected chi connectivity index (χ2v) is 22.7. The first-order chi connectivity index (χ1) is 28.9. The van der Waals surface area contributed by atoms with E-state index in [0.717, 1.165) is 35.1 Å². The van der Waals surface area contributed by atoms with E-state index in [9.17, 15) is 30.6 Å². The fourth-order valence-electron chi connectivity index (χ4n) is 12.6. The van der Waals surface area contributed by atoms with E-state index in [1.165, 1.54) is 62.5 Å². The normalized spacial score (nSPS) is 39.3. The van der Waals surface area contributed by atoms with Crippen molar-refractivity contribution in [2.24, 2.45) is 58.2 Å². The van der Waals surface area contributed by atoms with Gasteiger partial charge in [-0.25, -0.2) is 0 Å². The lowest BCUT2D eigenvalue weighted by molar-refractivity contribution is 0.0431. The van der Waals surface area contributed by atoms with Crippen LogP contribution in [0.25, 0.3) is 0 Å². The van der Waals surface area contributed by atoms with Gasteiger partial charge in [0.25, 0.3) is 0 Å². The van der Waals surface area contributed by atoms with Crippen molar-refractivity contribution in [1.29, 1.82) is 0 Å². The number of aliphatic hydroxyl groups is 6. The van der Waals surface area contributed by atoms with Gasteiger partial charge in [-0.15, -0.1) is 0 Å². The molecule has 6 heteroatoms. The van der Waals surface area contributed by atoms with Crippen LogP contribution in [0, 0.1) is 58.2 Å². The molecule has 0 bridgehead atoms. The molecule has 0 radical (unpaired) electrons. The third-order valence-corrected chi connectivity index (χ3v) is 17.5. The molecule has 2 unspecified atom stereocenters. The Morgan fingerprint density at radius 1 is 0.565 bits per heavy atom. The van der Waals surface area contributed by atoms with Crippen molar-refractivity contribution in [3.05, 3.63) is 95.2 Å². The van der Waals surface area contributed by atoms with Gasteiger partial charge in [0.05, 0.1) is 35.6 Å². The van der Waals surface area contributed by atoms with Gasteiger partial charge >= 0.3 is 0 Å². The maximum absolute atomic E-state index is 10.3. The van der Waals surface area contributed by atoms with Crippen LogP contribution in [0.2, 0.25) is 0 Å². The molecule has 0 aromatic heterocycles. The van der Waals surface area contributed by atoms with E-state index in [-0.39, 0.29) is 11.8 Å². The highest BCUT2D eigenvalue weighted by atomic mass is 16.3. The molecule has 6 aliphatic carbocycles. The first-order valence-corrected chi connectivity index (χ1v) is 24.6. The Hall–Kier alpha value is -2.32. The Labute approximate surface area is 377 Å². The minimum atomic E-state index is -0.684. The van der Waals surface area contributed by atoms with E-state index >= 15 is 0 Å². The van der Waals surface area contributed by atoms with Gasteiger partial charge in [-0.05, 0) is 173 Å². The highest BCUT2D eigenvalue weighted by Crippen LogP contribution is 2.61. The smallest absolute Gasteiger partial charge is 0.0811 e. The molecule has 6 fully saturated rings. The summed E-state index contributed by atoms with van der Waals surface area (Å²) in [6.45, 7) is 29.5. The Morgan fingerprint density at radius 3 is 1.26 bits per heavy atom. The van der Waals surface area contributed by atoms with Crippen LogP contribution in [0.5, 0.6) is 0 Å². The van der Waals surface area contributed by atoms with Crippen molar-refractivity contribution < 1.29 is 30.6 Å². The Kier molecular flexibility index (Phi) is 16.7. The number of hydrogen-bond acceptors (Lipinski definition) is 6. The Morgan fingerprint density at radius 2 is 0.919 bits per heavy atom. The second kappa shape index (κ2) is 20.5. The molecule has 6 nitrogen and oxygen atoms in total. The molecular weight excluding hydrogens is 769 g/mol. The number of hydrogen-bond donors (Lipinski definition) is 6. The fourth-order valence-corrected chi connectivity index (χ4v) is 12.6. The van der Waals surface area contributed by atoms with Crippen LogP contribution in [0.4, 0.5) is 0 Å². The molecule has 0 spiro atoms. The first-order valence-electron chi connectivity index (χ1n) is 24.6. The minimum absolute atomic E-state index is 0.141. The second-order valence-electron chi connectivity index (χ2n) is 22.7. The van der Waals surface area contributed by atoms with Crippen LogP contribution in [-0.2, 0) is 0 Å². The van der Waals surface area contributed by atoms with Crippen LogP contribution >= 0.6 is 0 Å². The molecule has 0 amide bonds. The maximum atomic E-state index is 10.3. The average molecular weight is 857 g/mol. The van der Waals surface area contributed by atoms with Gasteiger partial charge < -0.3 is 30.6 Å². The molecule has 348 valence electrons. The maximum Gasteiger partial charge on any atom is 0.0811 e. The van der Waals surface area contributed by atoms with E-state index < -0.39 is 35.6 Å². The fraction of sp³-hybridized carbons (Fsp3) is 0.714. The summed E-state index contributed by atoms with van der Waals surface area (Å²) in [5, 5.41) is 60.9. The zero-order valence-electron chi connectivity index (χ0n) is 40.5. The number of aliphatic hydroxyl groups excluding tert-OH is 4. The summed E-state index contributed by atoms with van der Waals surface area (Å²) in [6, 6.07) is 0. The Bertz CT molecular complexity index is 1630. The van der Waals surface area contributed by atoms with Crippen LogP contribution < -0.4 is 0 Å². The van der Waals surface area contributed by atoms with Crippen molar-refractivity contribution in [1.82, 2.24) is 0 Å². The van der Waals surface area contributed by atoms with E-state index in [0.29, 0.717) is 72.0 Å². The van der Waals surface area contributed by atoms with Crippen LogP contribution in [0.15, 0.2) is 95.2 Å². The largest absolute Gasteiger partial charge is 0.393 e. The van der Waals surface area contributed by atoms with E-state index in [4.69, 9.17) is 0 Å². The monoisotopic (exact) mass is 857 g/mol. The van der Waals surface area contributed by atoms with Gasteiger partial charge in [-0.3, -0.25) is 0 Å². The molecule has 6 N–H and O–H groups in total. The summed E-state index contributed by atoms with van der Waals surface area (Å²) in [4.78, 5) is 0.